The lowest BCUT2D eigenvalue weighted by Gasteiger charge is -2.14. The van der Waals surface area contributed by atoms with Gasteiger partial charge in [-0.15, -0.1) is 0 Å². The van der Waals surface area contributed by atoms with Crippen LogP contribution >= 0.6 is 0 Å². The third kappa shape index (κ3) is 3.53. The smallest absolute Gasteiger partial charge is 0.196 e. The molecule has 0 heterocycles. The molecule has 0 saturated carbocycles. The molecular weight excluding hydrogens is 282 g/mol. The highest BCUT2D eigenvalue weighted by atomic mass is 16.8. The molecule has 2 N–H and O–H groups in total. The van der Waals surface area contributed by atoms with E-state index in [-0.39, 0.29) is 11.3 Å². The number of carbonyl (C=O) groups excluding carboxylic acids is 2. The number of quaternary nitrogens is 1. The van der Waals surface area contributed by atoms with Crippen molar-refractivity contribution in [3.63, 3.8) is 0 Å². The molecule has 112 valence electrons. The van der Waals surface area contributed by atoms with Crippen LogP contribution in [0.5, 0.6) is 0 Å². The summed E-state index contributed by atoms with van der Waals surface area (Å²) in [6.07, 6.45) is 1.33. The Kier molecular flexibility index (Phi) is 4.95. The maximum Gasteiger partial charge on any atom is 0.196 e. The van der Waals surface area contributed by atoms with Crippen molar-refractivity contribution < 1.29 is 20.0 Å². The number of hydrogen-bond acceptors (Lipinski definition) is 4. The number of carbonyl (C=O) groups is 2. The van der Waals surface area contributed by atoms with E-state index < -0.39 is 16.8 Å². The fourth-order valence-corrected chi connectivity index (χ4v) is 2.05. The van der Waals surface area contributed by atoms with Gasteiger partial charge in [-0.05, 0) is 19.1 Å². The third-order valence-corrected chi connectivity index (χ3v) is 3.15. The van der Waals surface area contributed by atoms with Gasteiger partial charge in [-0.1, -0.05) is 42.5 Å². The van der Waals surface area contributed by atoms with Gasteiger partial charge in [0, 0.05) is 17.2 Å². The highest BCUT2D eigenvalue weighted by molar-refractivity contribution is 6.28. The van der Waals surface area contributed by atoms with Gasteiger partial charge >= 0.3 is 0 Å². The molecule has 5 nitrogen and oxygen atoms in total. The van der Waals surface area contributed by atoms with Gasteiger partial charge in [-0.25, -0.2) is 5.21 Å². The lowest BCUT2D eigenvalue weighted by molar-refractivity contribution is -0.991. The minimum absolute atomic E-state index is 0.0418. The molecule has 2 rings (SSSR count). The number of ketones is 2. The Morgan fingerprint density at radius 3 is 2.23 bits per heavy atom. The Labute approximate surface area is 127 Å². The number of allylic oxidation sites excluding steroid dienone is 1. The molecule has 5 heteroatoms. The van der Waals surface area contributed by atoms with Crippen LogP contribution in [0.4, 0.5) is 5.69 Å². The summed E-state index contributed by atoms with van der Waals surface area (Å²) in [5.41, 5.74) is 0.711. The van der Waals surface area contributed by atoms with Gasteiger partial charge < -0.3 is 5.21 Å². The molecule has 2 aromatic rings. The Morgan fingerprint density at radius 2 is 1.64 bits per heavy atom. The fraction of sp³-hybridized carbons (Fsp3) is 0.0588. The first-order valence-corrected chi connectivity index (χ1v) is 6.65. The molecule has 0 aliphatic carbocycles. The minimum atomic E-state index is -1.11. The summed E-state index contributed by atoms with van der Waals surface area (Å²) >= 11 is 0. The molecule has 0 aliphatic rings. The predicted molar refractivity (Wildman–Crippen MR) is 81.6 cm³/mol. The van der Waals surface area contributed by atoms with Gasteiger partial charge in [-0.3, -0.25) is 9.59 Å². The summed E-state index contributed by atoms with van der Waals surface area (Å²) in [6.45, 7) is 1.29. The van der Waals surface area contributed by atoms with Crippen LogP contribution < -0.4 is 5.23 Å². The van der Waals surface area contributed by atoms with E-state index in [2.05, 4.69) is 0 Å². The topological polar surface area (TPSA) is 81.9 Å². The van der Waals surface area contributed by atoms with Gasteiger partial charge in [-0.2, -0.15) is 5.23 Å². The summed E-state index contributed by atoms with van der Waals surface area (Å²) in [5, 5.41) is 19.3. The van der Waals surface area contributed by atoms with E-state index in [1.54, 1.807) is 48.5 Å². The third-order valence-electron chi connectivity index (χ3n) is 3.15. The second kappa shape index (κ2) is 6.91. The number of benzene rings is 2. The highest BCUT2D eigenvalue weighted by Gasteiger charge is 2.18. The van der Waals surface area contributed by atoms with Crippen molar-refractivity contribution in [2.75, 3.05) is 0 Å². The number of Topliss-reactive ketones (excluding diaryl/α,β-unsaturated/α-hetero) is 2. The molecule has 0 radical (unpaired) electrons. The van der Waals surface area contributed by atoms with E-state index in [1.165, 1.54) is 19.1 Å². The summed E-state index contributed by atoms with van der Waals surface area (Å²) in [6, 6.07) is 14.6. The van der Waals surface area contributed by atoms with Gasteiger partial charge in [0.15, 0.2) is 17.3 Å². The van der Waals surface area contributed by atoms with Gasteiger partial charge in [0.05, 0.1) is 5.57 Å². The highest BCUT2D eigenvalue weighted by Crippen LogP contribution is 2.18. The van der Waals surface area contributed by atoms with Gasteiger partial charge in [0.25, 0.3) is 0 Å². The first kappa shape index (κ1) is 15.8. The van der Waals surface area contributed by atoms with Crippen LogP contribution in [0.1, 0.15) is 22.8 Å². The van der Waals surface area contributed by atoms with Gasteiger partial charge in [0.2, 0.25) is 0 Å². The maximum absolute atomic E-state index is 12.4. The van der Waals surface area contributed by atoms with Crippen molar-refractivity contribution in [1.29, 1.82) is 0 Å². The van der Waals surface area contributed by atoms with Crippen molar-refractivity contribution >= 4 is 23.3 Å². The second-order valence-electron chi connectivity index (χ2n) is 4.70. The predicted octanol–water partition coefficient (Wildman–Crippen LogP) is 1.95. The Morgan fingerprint density at radius 1 is 1.05 bits per heavy atom. The molecular formula is C17H15NO4. The van der Waals surface area contributed by atoms with Crippen molar-refractivity contribution in [2.24, 2.45) is 0 Å². The molecule has 0 bridgehead atoms. The first-order valence-electron chi connectivity index (χ1n) is 6.65. The van der Waals surface area contributed by atoms with E-state index in [1.807, 2.05) is 0 Å². The number of nitrogens with one attached hydrogen (secondary N) is 1. The lowest BCUT2D eigenvalue weighted by atomic mass is 9.98. The average Bonchev–Trinajstić information content (AvgIpc) is 2.52. The maximum atomic E-state index is 12.4. The number of para-hydroxylation sites is 1. The minimum Gasteiger partial charge on any atom is -0.595 e. The molecule has 22 heavy (non-hydrogen) atoms. The zero-order valence-electron chi connectivity index (χ0n) is 11.9. The zero-order chi connectivity index (χ0) is 16.1. The van der Waals surface area contributed by atoms with Gasteiger partial charge in [0.1, 0.15) is 0 Å². The van der Waals surface area contributed by atoms with Crippen LogP contribution in [0.3, 0.4) is 0 Å². The summed E-state index contributed by atoms with van der Waals surface area (Å²) in [5.74, 6) is -0.831. The van der Waals surface area contributed by atoms with Crippen molar-refractivity contribution in [3.05, 3.63) is 76.5 Å². The zero-order valence-corrected chi connectivity index (χ0v) is 11.9. The summed E-state index contributed by atoms with van der Waals surface area (Å²) in [4.78, 5) is 24.2. The van der Waals surface area contributed by atoms with E-state index in [0.717, 1.165) is 0 Å². The van der Waals surface area contributed by atoms with E-state index in [4.69, 9.17) is 0 Å². The molecule has 0 fully saturated rings. The SMILES string of the molecule is CC(=O)/C(=C/c1ccccc1[NH+]([O-])O)C(=O)c1ccccc1. The number of hydrogen-bond donors (Lipinski definition) is 2. The Balaban J connectivity index is 2.49. The first-order chi connectivity index (χ1) is 10.5. The molecule has 0 aliphatic heterocycles. The Hall–Kier alpha value is -2.60. The molecule has 0 amide bonds. The van der Waals surface area contributed by atoms with Crippen LogP contribution in [-0.4, -0.2) is 16.8 Å². The molecule has 1 unspecified atom stereocenters. The van der Waals surface area contributed by atoms with Crippen molar-refractivity contribution in [3.8, 4) is 0 Å². The normalized spacial score (nSPS) is 12.8. The molecule has 1 atom stereocenters. The van der Waals surface area contributed by atoms with Crippen molar-refractivity contribution in [1.82, 2.24) is 0 Å². The fourth-order valence-electron chi connectivity index (χ4n) is 2.05. The monoisotopic (exact) mass is 297 g/mol. The van der Waals surface area contributed by atoms with E-state index in [0.29, 0.717) is 11.1 Å². The van der Waals surface area contributed by atoms with Crippen LogP contribution in [0, 0.1) is 5.21 Å². The van der Waals surface area contributed by atoms with Crippen molar-refractivity contribution in [2.45, 2.75) is 6.92 Å². The summed E-state index contributed by atoms with van der Waals surface area (Å²) < 4.78 is 0. The summed E-state index contributed by atoms with van der Waals surface area (Å²) in [7, 11) is 0. The standard InChI is InChI=1S/C17H15NO4/c1-12(19)15(17(20)13-7-3-2-4-8-13)11-14-9-5-6-10-16(14)18(21)22/h2-11,18,21H,1H3/b15-11-. The Bertz CT molecular complexity index is 720. The molecule has 0 spiro atoms. The van der Waals surface area contributed by atoms with Crippen LogP contribution in [0.15, 0.2) is 60.2 Å². The second-order valence-corrected chi connectivity index (χ2v) is 4.70. The van der Waals surface area contributed by atoms with Crippen LogP contribution in [-0.2, 0) is 4.79 Å². The number of rotatable bonds is 5. The van der Waals surface area contributed by atoms with Crippen LogP contribution in [0.25, 0.3) is 6.08 Å². The van der Waals surface area contributed by atoms with Crippen LogP contribution in [0.2, 0.25) is 0 Å². The average molecular weight is 297 g/mol. The molecule has 0 saturated heterocycles. The quantitative estimate of drug-likeness (QED) is 0.290. The largest absolute Gasteiger partial charge is 0.595 e. The molecule has 0 aromatic heterocycles. The van der Waals surface area contributed by atoms with E-state index in [9.17, 15) is 20.0 Å². The van der Waals surface area contributed by atoms with E-state index >= 15 is 0 Å². The molecule has 2 aromatic carbocycles. The lowest BCUT2D eigenvalue weighted by Crippen LogP contribution is -2.99.